The van der Waals surface area contributed by atoms with E-state index < -0.39 is 0 Å². The van der Waals surface area contributed by atoms with Crippen molar-refractivity contribution < 1.29 is 0 Å². The lowest BCUT2D eigenvalue weighted by Crippen LogP contribution is -2.39. The molecule has 0 amide bonds. The summed E-state index contributed by atoms with van der Waals surface area (Å²) >= 11 is 0. The van der Waals surface area contributed by atoms with Crippen molar-refractivity contribution >= 4 is 0 Å². The maximum atomic E-state index is 4.14. The van der Waals surface area contributed by atoms with Gasteiger partial charge in [0.2, 0.25) is 0 Å². The van der Waals surface area contributed by atoms with Crippen LogP contribution in [0.5, 0.6) is 0 Å². The minimum Gasteiger partial charge on any atom is -0.299 e. The van der Waals surface area contributed by atoms with Crippen molar-refractivity contribution in [3.05, 3.63) is 41.2 Å². The summed E-state index contributed by atoms with van der Waals surface area (Å²) in [5.74, 6) is 0.661. The fourth-order valence-corrected chi connectivity index (χ4v) is 2.20. The summed E-state index contributed by atoms with van der Waals surface area (Å²) in [6.45, 7) is 13.0. The number of hydrogen-bond donors (Lipinski definition) is 2. The van der Waals surface area contributed by atoms with Gasteiger partial charge in [-0.1, -0.05) is 50.3 Å². The normalized spacial score (nSPS) is 14.2. The predicted molar refractivity (Wildman–Crippen MR) is 84.1 cm³/mol. The molecule has 0 fully saturated rings. The van der Waals surface area contributed by atoms with E-state index in [1.165, 1.54) is 5.56 Å². The van der Waals surface area contributed by atoms with Crippen LogP contribution in [0.2, 0.25) is 0 Å². The fraction of sp³-hybridized carbons (Fsp3) is 0.562. The largest absolute Gasteiger partial charge is 0.299 e. The summed E-state index contributed by atoms with van der Waals surface area (Å²) in [7, 11) is 0. The average Bonchev–Trinajstić information content (AvgIpc) is 2.88. The van der Waals surface area contributed by atoms with Crippen LogP contribution in [0.1, 0.15) is 64.5 Å². The van der Waals surface area contributed by atoms with Crippen molar-refractivity contribution in [2.24, 2.45) is 0 Å². The molecule has 1 heterocycles. The minimum absolute atomic E-state index is 0.0476. The number of tetrazole rings is 1. The third-order valence-electron chi connectivity index (χ3n) is 3.31. The third kappa shape index (κ3) is 4.11. The first-order valence-electron chi connectivity index (χ1n) is 7.28. The number of H-pyrrole nitrogens is 1. The monoisotopic (exact) mass is 287 g/mol. The zero-order chi connectivity index (χ0) is 15.7. The summed E-state index contributed by atoms with van der Waals surface area (Å²) in [5.41, 5.74) is 2.55. The Morgan fingerprint density at radius 2 is 1.62 bits per heavy atom. The second-order valence-corrected chi connectivity index (χ2v) is 7.47. The molecule has 5 nitrogen and oxygen atoms in total. The first-order valence-corrected chi connectivity index (χ1v) is 7.28. The van der Waals surface area contributed by atoms with Crippen LogP contribution < -0.4 is 5.32 Å². The van der Waals surface area contributed by atoms with Gasteiger partial charge < -0.3 is 0 Å². The summed E-state index contributed by atoms with van der Waals surface area (Å²) < 4.78 is 0. The van der Waals surface area contributed by atoms with Crippen LogP contribution in [-0.2, 0) is 5.41 Å². The molecule has 2 rings (SSSR count). The van der Waals surface area contributed by atoms with E-state index in [2.05, 4.69) is 91.7 Å². The molecule has 2 N–H and O–H groups in total. The van der Waals surface area contributed by atoms with Crippen molar-refractivity contribution in [3.8, 4) is 0 Å². The minimum atomic E-state index is -0.0715. The van der Waals surface area contributed by atoms with Gasteiger partial charge >= 0.3 is 0 Å². The quantitative estimate of drug-likeness (QED) is 0.910. The number of nitrogens with one attached hydrogen (secondary N) is 2. The molecular formula is C16H25N5. The van der Waals surface area contributed by atoms with E-state index >= 15 is 0 Å². The lowest BCUT2D eigenvalue weighted by molar-refractivity contribution is 0.382. The highest BCUT2D eigenvalue weighted by Crippen LogP contribution is 2.26. The van der Waals surface area contributed by atoms with Gasteiger partial charge in [0.1, 0.15) is 0 Å². The van der Waals surface area contributed by atoms with Gasteiger partial charge in [0.25, 0.3) is 0 Å². The molecule has 0 aliphatic heterocycles. The molecule has 0 saturated carbocycles. The number of rotatable bonds is 3. The molecular weight excluding hydrogens is 262 g/mol. The van der Waals surface area contributed by atoms with Crippen molar-refractivity contribution in [3.63, 3.8) is 0 Å². The van der Waals surface area contributed by atoms with Gasteiger partial charge in [-0.25, -0.2) is 0 Å². The zero-order valence-corrected chi connectivity index (χ0v) is 13.7. The van der Waals surface area contributed by atoms with Crippen molar-refractivity contribution in [2.75, 3.05) is 0 Å². The van der Waals surface area contributed by atoms with Crippen molar-refractivity contribution in [1.82, 2.24) is 25.9 Å². The highest BCUT2D eigenvalue weighted by molar-refractivity contribution is 5.31. The van der Waals surface area contributed by atoms with E-state index in [4.69, 9.17) is 0 Å². The highest BCUT2D eigenvalue weighted by atomic mass is 15.5. The van der Waals surface area contributed by atoms with Crippen LogP contribution >= 0.6 is 0 Å². The van der Waals surface area contributed by atoms with E-state index in [0.717, 1.165) is 5.56 Å². The second-order valence-electron chi connectivity index (χ2n) is 7.47. The van der Waals surface area contributed by atoms with Gasteiger partial charge in [-0.2, -0.15) is 5.21 Å². The van der Waals surface area contributed by atoms with Crippen molar-refractivity contribution in [2.45, 2.75) is 58.5 Å². The zero-order valence-electron chi connectivity index (χ0n) is 13.7. The van der Waals surface area contributed by atoms with Gasteiger partial charge in [-0.3, -0.25) is 5.32 Å². The Kier molecular flexibility index (Phi) is 4.14. The maximum absolute atomic E-state index is 4.14. The molecule has 5 heteroatoms. The first kappa shape index (κ1) is 15.6. The second kappa shape index (κ2) is 5.56. The lowest BCUT2D eigenvalue weighted by atomic mass is 9.86. The summed E-state index contributed by atoms with van der Waals surface area (Å²) in [4.78, 5) is 0. The molecule has 0 bridgehead atoms. The Morgan fingerprint density at radius 1 is 1.00 bits per heavy atom. The smallest absolute Gasteiger partial charge is 0.195 e. The molecule has 1 aromatic carbocycles. The van der Waals surface area contributed by atoms with E-state index in [9.17, 15) is 0 Å². The molecule has 1 aromatic heterocycles. The summed E-state index contributed by atoms with van der Waals surface area (Å²) in [5, 5.41) is 18.0. The molecule has 21 heavy (non-hydrogen) atoms. The standard InChI is InChI=1S/C16H25N5/c1-15(2,3)12-9-7-11(8-10-12)13(17-16(4,5)6)14-18-20-21-19-14/h7-10,13,17H,1-6H3,(H,18,19,20,21)/t13-/m0/s1. The number of aromatic nitrogens is 4. The van der Waals surface area contributed by atoms with Gasteiger partial charge in [-0.05, 0) is 37.3 Å². The summed E-state index contributed by atoms with van der Waals surface area (Å²) in [6, 6.07) is 8.55. The molecule has 0 unspecified atom stereocenters. The van der Waals surface area contributed by atoms with Crippen LogP contribution in [0.4, 0.5) is 0 Å². The lowest BCUT2D eigenvalue weighted by Gasteiger charge is -2.27. The SMILES string of the molecule is CC(C)(C)N[C@@H](c1ccc(C(C)(C)C)cc1)c1nn[nH]n1. The van der Waals surface area contributed by atoms with Gasteiger partial charge in [0.05, 0.1) is 6.04 Å². The molecule has 114 valence electrons. The first-order chi connectivity index (χ1) is 9.67. The number of aromatic amines is 1. The van der Waals surface area contributed by atoms with Crippen molar-refractivity contribution in [1.29, 1.82) is 0 Å². The van der Waals surface area contributed by atoms with Crippen LogP contribution in [0.25, 0.3) is 0 Å². The van der Waals surface area contributed by atoms with E-state index in [1.54, 1.807) is 0 Å². The van der Waals surface area contributed by atoms with Crippen LogP contribution in [-0.4, -0.2) is 26.2 Å². The fourth-order valence-electron chi connectivity index (χ4n) is 2.20. The molecule has 0 aliphatic rings. The maximum Gasteiger partial charge on any atom is 0.195 e. The molecule has 2 aromatic rings. The Morgan fingerprint density at radius 3 is 2.05 bits per heavy atom. The Bertz CT molecular complexity index is 558. The van der Waals surface area contributed by atoms with E-state index in [0.29, 0.717) is 5.82 Å². The van der Waals surface area contributed by atoms with Crippen LogP contribution in [0, 0.1) is 0 Å². The molecule has 1 atom stereocenters. The molecule has 0 aliphatic carbocycles. The third-order valence-corrected chi connectivity index (χ3v) is 3.31. The van der Waals surface area contributed by atoms with E-state index in [1.807, 2.05) is 0 Å². The number of nitrogens with zero attached hydrogens (tertiary/aromatic N) is 3. The van der Waals surface area contributed by atoms with Crippen LogP contribution in [0.15, 0.2) is 24.3 Å². The van der Waals surface area contributed by atoms with Gasteiger partial charge in [-0.15, -0.1) is 10.2 Å². The Balaban J connectivity index is 2.33. The number of hydrogen-bond acceptors (Lipinski definition) is 4. The van der Waals surface area contributed by atoms with Crippen LogP contribution in [0.3, 0.4) is 0 Å². The Labute approximate surface area is 126 Å². The Hall–Kier alpha value is -1.75. The average molecular weight is 287 g/mol. The predicted octanol–water partition coefficient (Wildman–Crippen LogP) is 2.97. The highest BCUT2D eigenvalue weighted by Gasteiger charge is 2.24. The van der Waals surface area contributed by atoms with E-state index in [-0.39, 0.29) is 17.0 Å². The molecule has 0 radical (unpaired) electrons. The number of benzene rings is 1. The van der Waals surface area contributed by atoms with Gasteiger partial charge in [0, 0.05) is 5.54 Å². The summed E-state index contributed by atoms with van der Waals surface area (Å²) in [6.07, 6.45) is 0. The molecule has 0 saturated heterocycles. The molecule has 0 spiro atoms. The van der Waals surface area contributed by atoms with Gasteiger partial charge in [0.15, 0.2) is 5.82 Å². The topological polar surface area (TPSA) is 66.5 Å².